The highest BCUT2D eigenvalue weighted by atomic mass is 16.3. The Hall–Kier alpha value is -1.44. The van der Waals surface area contributed by atoms with Crippen LogP contribution in [-0.4, -0.2) is 4.98 Å². The van der Waals surface area contributed by atoms with Crippen molar-refractivity contribution in [2.45, 2.75) is 13.3 Å². The van der Waals surface area contributed by atoms with Crippen molar-refractivity contribution >= 4 is 0 Å². The Labute approximate surface area is 71.2 Å². The number of hydrogen-bond donors (Lipinski definition) is 1. The SMILES string of the molecule is Cc1ccc(Cc2ccco2)[nH]1. The van der Waals surface area contributed by atoms with E-state index in [4.69, 9.17) is 4.42 Å². The van der Waals surface area contributed by atoms with Crippen molar-refractivity contribution in [1.82, 2.24) is 4.98 Å². The second-order valence-corrected chi connectivity index (χ2v) is 2.92. The van der Waals surface area contributed by atoms with E-state index in [0.717, 1.165) is 12.2 Å². The number of hydrogen-bond acceptors (Lipinski definition) is 1. The van der Waals surface area contributed by atoms with Gasteiger partial charge in [0, 0.05) is 17.8 Å². The van der Waals surface area contributed by atoms with Crippen molar-refractivity contribution in [3.05, 3.63) is 47.7 Å². The van der Waals surface area contributed by atoms with Crippen molar-refractivity contribution < 1.29 is 4.42 Å². The second kappa shape index (κ2) is 2.89. The predicted octanol–water partition coefficient (Wildman–Crippen LogP) is 2.51. The molecule has 0 unspecified atom stereocenters. The van der Waals surface area contributed by atoms with Crippen molar-refractivity contribution in [1.29, 1.82) is 0 Å². The smallest absolute Gasteiger partial charge is 0.109 e. The standard InChI is InChI=1S/C10H11NO/c1-8-4-5-9(11-8)7-10-3-2-6-12-10/h2-6,11H,7H2,1H3. The summed E-state index contributed by atoms with van der Waals surface area (Å²) in [5, 5.41) is 0. The Morgan fingerprint density at radius 3 is 2.83 bits per heavy atom. The number of H-pyrrole nitrogens is 1. The maximum absolute atomic E-state index is 5.23. The summed E-state index contributed by atoms with van der Waals surface area (Å²) in [6, 6.07) is 8.04. The summed E-state index contributed by atoms with van der Waals surface area (Å²) in [4.78, 5) is 3.25. The van der Waals surface area contributed by atoms with Crippen molar-refractivity contribution in [3.63, 3.8) is 0 Å². The van der Waals surface area contributed by atoms with Gasteiger partial charge in [-0.15, -0.1) is 0 Å². The molecule has 2 nitrogen and oxygen atoms in total. The molecule has 0 aliphatic rings. The zero-order valence-corrected chi connectivity index (χ0v) is 7.00. The first-order chi connectivity index (χ1) is 5.84. The summed E-state index contributed by atoms with van der Waals surface area (Å²) in [5.41, 5.74) is 2.39. The summed E-state index contributed by atoms with van der Waals surface area (Å²) in [6.45, 7) is 2.05. The van der Waals surface area contributed by atoms with Crippen molar-refractivity contribution in [2.24, 2.45) is 0 Å². The van der Waals surface area contributed by atoms with Crippen molar-refractivity contribution in [2.75, 3.05) is 0 Å². The van der Waals surface area contributed by atoms with Crippen LogP contribution in [0.2, 0.25) is 0 Å². The molecule has 0 amide bonds. The molecule has 2 aromatic rings. The molecule has 2 heteroatoms. The van der Waals surface area contributed by atoms with Crippen LogP contribution >= 0.6 is 0 Å². The van der Waals surface area contributed by atoms with Crippen LogP contribution in [0.15, 0.2) is 34.9 Å². The van der Waals surface area contributed by atoms with E-state index in [9.17, 15) is 0 Å². The predicted molar refractivity (Wildman–Crippen MR) is 47.0 cm³/mol. The van der Waals surface area contributed by atoms with Gasteiger partial charge in [-0.2, -0.15) is 0 Å². The van der Waals surface area contributed by atoms with Crippen LogP contribution in [-0.2, 0) is 6.42 Å². The Morgan fingerprint density at radius 1 is 1.33 bits per heavy atom. The molecule has 0 aliphatic heterocycles. The van der Waals surface area contributed by atoms with Gasteiger partial charge in [-0.25, -0.2) is 0 Å². The van der Waals surface area contributed by atoms with Gasteiger partial charge in [0.05, 0.1) is 6.26 Å². The van der Waals surface area contributed by atoms with E-state index in [-0.39, 0.29) is 0 Å². The first-order valence-corrected chi connectivity index (χ1v) is 4.01. The number of rotatable bonds is 2. The maximum Gasteiger partial charge on any atom is 0.109 e. The van der Waals surface area contributed by atoms with Crippen LogP contribution in [0.1, 0.15) is 17.1 Å². The molecular weight excluding hydrogens is 150 g/mol. The van der Waals surface area contributed by atoms with E-state index in [1.54, 1.807) is 6.26 Å². The zero-order valence-electron chi connectivity index (χ0n) is 7.00. The molecule has 0 fully saturated rings. The average Bonchev–Trinajstić information content (AvgIpc) is 2.63. The summed E-state index contributed by atoms with van der Waals surface area (Å²) in [6.07, 6.45) is 2.55. The molecule has 2 rings (SSSR count). The fraction of sp³-hybridized carbons (Fsp3) is 0.200. The third-order valence-electron chi connectivity index (χ3n) is 1.84. The van der Waals surface area contributed by atoms with E-state index in [0.29, 0.717) is 0 Å². The number of aromatic amines is 1. The van der Waals surface area contributed by atoms with Crippen molar-refractivity contribution in [3.8, 4) is 0 Å². The molecule has 0 spiro atoms. The highest BCUT2D eigenvalue weighted by molar-refractivity contribution is 5.16. The number of aryl methyl sites for hydroxylation is 1. The molecule has 0 aromatic carbocycles. The van der Waals surface area contributed by atoms with Crippen LogP contribution < -0.4 is 0 Å². The lowest BCUT2D eigenvalue weighted by atomic mass is 10.2. The largest absolute Gasteiger partial charge is 0.469 e. The highest BCUT2D eigenvalue weighted by Gasteiger charge is 1.99. The van der Waals surface area contributed by atoms with Crippen LogP contribution in [0.5, 0.6) is 0 Å². The van der Waals surface area contributed by atoms with E-state index >= 15 is 0 Å². The van der Waals surface area contributed by atoms with Crippen LogP contribution in [0.4, 0.5) is 0 Å². The summed E-state index contributed by atoms with van der Waals surface area (Å²) >= 11 is 0. The first-order valence-electron chi connectivity index (χ1n) is 4.01. The lowest BCUT2D eigenvalue weighted by molar-refractivity contribution is 0.519. The van der Waals surface area contributed by atoms with Gasteiger partial charge in [0.2, 0.25) is 0 Å². The first kappa shape index (κ1) is 7.22. The highest BCUT2D eigenvalue weighted by Crippen LogP contribution is 2.08. The van der Waals surface area contributed by atoms with Gasteiger partial charge in [0.15, 0.2) is 0 Å². The van der Waals surface area contributed by atoms with Gasteiger partial charge < -0.3 is 9.40 Å². The fourth-order valence-electron chi connectivity index (χ4n) is 1.27. The van der Waals surface area contributed by atoms with Crippen LogP contribution in [0.3, 0.4) is 0 Å². The molecule has 0 aliphatic carbocycles. The van der Waals surface area contributed by atoms with Gasteiger partial charge in [0.25, 0.3) is 0 Å². The van der Waals surface area contributed by atoms with E-state index in [1.165, 1.54) is 11.4 Å². The van der Waals surface area contributed by atoms with E-state index in [2.05, 4.69) is 17.1 Å². The Kier molecular flexibility index (Phi) is 1.74. The molecule has 0 radical (unpaired) electrons. The molecule has 0 atom stereocenters. The third kappa shape index (κ3) is 1.42. The van der Waals surface area contributed by atoms with Crippen LogP contribution in [0.25, 0.3) is 0 Å². The Morgan fingerprint density at radius 2 is 2.25 bits per heavy atom. The lowest BCUT2D eigenvalue weighted by Gasteiger charge is -1.92. The zero-order chi connectivity index (χ0) is 8.39. The quantitative estimate of drug-likeness (QED) is 0.720. The molecule has 62 valence electrons. The minimum atomic E-state index is 0.848. The normalized spacial score (nSPS) is 10.4. The summed E-state index contributed by atoms with van der Waals surface area (Å²) in [5.74, 6) is 0.997. The fourth-order valence-corrected chi connectivity index (χ4v) is 1.27. The molecule has 2 heterocycles. The number of nitrogens with one attached hydrogen (secondary N) is 1. The van der Waals surface area contributed by atoms with Crippen LogP contribution in [0, 0.1) is 6.92 Å². The topological polar surface area (TPSA) is 28.9 Å². The number of aromatic nitrogens is 1. The average molecular weight is 161 g/mol. The lowest BCUT2D eigenvalue weighted by Crippen LogP contribution is -1.84. The Bertz CT molecular complexity index is 346. The summed E-state index contributed by atoms with van der Waals surface area (Å²) < 4.78 is 5.23. The molecule has 12 heavy (non-hydrogen) atoms. The molecule has 0 bridgehead atoms. The molecule has 0 saturated carbocycles. The summed E-state index contributed by atoms with van der Waals surface area (Å²) in [7, 11) is 0. The molecule has 1 N–H and O–H groups in total. The number of furan rings is 1. The van der Waals surface area contributed by atoms with Gasteiger partial charge in [-0.05, 0) is 31.2 Å². The molecule has 0 saturated heterocycles. The minimum absolute atomic E-state index is 0.848. The van der Waals surface area contributed by atoms with Gasteiger partial charge >= 0.3 is 0 Å². The minimum Gasteiger partial charge on any atom is -0.469 e. The van der Waals surface area contributed by atoms with E-state index < -0.39 is 0 Å². The Balaban J connectivity index is 2.14. The second-order valence-electron chi connectivity index (χ2n) is 2.92. The maximum atomic E-state index is 5.23. The molecule has 2 aromatic heterocycles. The monoisotopic (exact) mass is 161 g/mol. The third-order valence-corrected chi connectivity index (χ3v) is 1.84. The molecular formula is C10H11NO. The van der Waals surface area contributed by atoms with Gasteiger partial charge in [0.1, 0.15) is 5.76 Å². The van der Waals surface area contributed by atoms with E-state index in [1.807, 2.05) is 19.1 Å². The van der Waals surface area contributed by atoms with Gasteiger partial charge in [-0.1, -0.05) is 0 Å². The van der Waals surface area contributed by atoms with Gasteiger partial charge in [-0.3, -0.25) is 0 Å².